The number of H-pyrrole nitrogens is 1. The van der Waals surface area contributed by atoms with Crippen LogP contribution in [-0.2, 0) is 13.2 Å². The Morgan fingerprint density at radius 2 is 1.19 bits per heavy atom. The van der Waals surface area contributed by atoms with Crippen LogP contribution in [0.1, 0.15) is 11.1 Å². The molecule has 0 fully saturated rings. The quantitative estimate of drug-likeness (QED) is 0.482. The summed E-state index contributed by atoms with van der Waals surface area (Å²) >= 11 is 0. The van der Waals surface area contributed by atoms with Crippen LogP contribution < -0.4 is 9.47 Å². The molecular formula is C22H17F2NO2. The zero-order chi connectivity index (χ0) is 18.6. The highest BCUT2D eigenvalue weighted by Crippen LogP contribution is 2.40. The molecule has 3 aromatic carbocycles. The third-order valence-electron chi connectivity index (χ3n) is 4.26. The number of ether oxygens (including phenoxy) is 2. The van der Waals surface area contributed by atoms with Crippen LogP contribution in [0.15, 0.2) is 72.9 Å². The van der Waals surface area contributed by atoms with E-state index in [4.69, 9.17) is 9.47 Å². The molecule has 0 aliphatic rings. The number of fused-ring (bicyclic) bond motifs is 1. The van der Waals surface area contributed by atoms with Crippen molar-refractivity contribution in [3.63, 3.8) is 0 Å². The molecule has 0 bridgehead atoms. The van der Waals surface area contributed by atoms with Crippen molar-refractivity contribution in [2.45, 2.75) is 13.2 Å². The Morgan fingerprint density at radius 1 is 0.667 bits per heavy atom. The second-order valence-electron chi connectivity index (χ2n) is 6.10. The van der Waals surface area contributed by atoms with Gasteiger partial charge in [0.05, 0.1) is 5.52 Å². The molecule has 4 aromatic rings. The van der Waals surface area contributed by atoms with E-state index in [2.05, 4.69) is 4.98 Å². The van der Waals surface area contributed by atoms with Crippen molar-refractivity contribution in [2.24, 2.45) is 0 Å². The molecule has 0 aliphatic carbocycles. The number of aromatic amines is 1. The van der Waals surface area contributed by atoms with Crippen LogP contribution in [0, 0.1) is 11.6 Å². The summed E-state index contributed by atoms with van der Waals surface area (Å²) in [5.74, 6) is -1.77. The molecule has 0 amide bonds. The first-order valence-corrected chi connectivity index (χ1v) is 8.55. The molecule has 3 nitrogen and oxygen atoms in total. The van der Waals surface area contributed by atoms with Crippen LogP contribution in [0.2, 0.25) is 0 Å². The maximum absolute atomic E-state index is 15.0. The number of rotatable bonds is 6. The molecule has 1 aromatic heterocycles. The highest BCUT2D eigenvalue weighted by atomic mass is 19.1. The van der Waals surface area contributed by atoms with Crippen molar-refractivity contribution in [2.75, 3.05) is 0 Å². The Bertz CT molecular complexity index is 963. The Balaban J connectivity index is 1.69. The third-order valence-corrected chi connectivity index (χ3v) is 4.26. The molecule has 0 saturated heterocycles. The molecule has 4 rings (SSSR count). The van der Waals surface area contributed by atoms with Crippen molar-refractivity contribution in [3.8, 4) is 11.5 Å². The molecule has 136 valence electrons. The smallest absolute Gasteiger partial charge is 0.202 e. The monoisotopic (exact) mass is 365 g/mol. The molecule has 0 atom stereocenters. The standard InChI is InChI=1S/C22H17F2NO2/c23-18-17-11-12-25-20(17)19(24)22(27-14-16-9-5-2-6-10-16)21(18)26-13-15-7-3-1-4-8-15/h1-12,25H,13-14H2. The van der Waals surface area contributed by atoms with Gasteiger partial charge in [-0.2, -0.15) is 0 Å². The summed E-state index contributed by atoms with van der Waals surface area (Å²) in [5.41, 5.74) is 1.75. The predicted octanol–water partition coefficient (Wildman–Crippen LogP) is 5.60. The number of halogens is 2. The zero-order valence-electron chi connectivity index (χ0n) is 14.4. The summed E-state index contributed by atoms with van der Waals surface area (Å²) in [7, 11) is 0. The fourth-order valence-corrected chi connectivity index (χ4v) is 2.89. The molecule has 0 unspecified atom stereocenters. The van der Waals surface area contributed by atoms with Gasteiger partial charge in [-0.1, -0.05) is 60.7 Å². The van der Waals surface area contributed by atoms with Crippen molar-refractivity contribution in [1.29, 1.82) is 0 Å². The van der Waals surface area contributed by atoms with Gasteiger partial charge in [0.15, 0.2) is 11.6 Å². The van der Waals surface area contributed by atoms with Crippen molar-refractivity contribution >= 4 is 10.9 Å². The molecule has 1 heterocycles. The van der Waals surface area contributed by atoms with Gasteiger partial charge in [-0.15, -0.1) is 0 Å². The molecule has 5 heteroatoms. The fourth-order valence-electron chi connectivity index (χ4n) is 2.89. The van der Waals surface area contributed by atoms with Gasteiger partial charge in [-0.05, 0) is 17.2 Å². The zero-order valence-corrected chi connectivity index (χ0v) is 14.4. The normalized spacial score (nSPS) is 10.9. The van der Waals surface area contributed by atoms with E-state index in [0.29, 0.717) is 0 Å². The Hall–Kier alpha value is -3.34. The van der Waals surface area contributed by atoms with Crippen LogP contribution in [0.25, 0.3) is 10.9 Å². The van der Waals surface area contributed by atoms with Crippen molar-refractivity contribution < 1.29 is 18.3 Å². The first-order valence-electron chi connectivity index (χ1n) is 8.55. The fraction of sp³-hybridized carbons (Fsp3) is 0.0909. The van der Waals surface area contributed by atoms with Crippen molar-refractivity contribution in [1.82, 2.24) is 4.98 Å². The highest BCUT2D eigenvalue weighted by Gasteiger charge is 2.24. The Labute approximate surface area is 155 Å². The number of hydrogen-bond donors (Lipinski definition) is 1. The lowest BCUT2D eigenvalue weighted by atomic mass is 10.2. The summed E-state index contributed by atoms with van der Waals surface area (Å²) in [6, 6.07) is 20.1. The minimum absolute atomic E-state index is 0.0580. The third kappa shape index (κ3) is 3.49. The van der Waals surface area contributed by atoms with Crippen LogP contribution in [0.4, 0.5) is 8.78 Å². The van der Waals surface area contributed by atoms with Crippen LogP contribution >= 0.6 is 0 Å². The van der Waals surface area contributed by atoms with Gasteiger partial charge < -0.3 is 14.5 Å². The van der Waals surface area contributed by atoms with E-state index in [1.807, 2.05) is 60.7 Å². The summed E-state index contributed by atoms with van der Waals surface area (Å²) in [6.45, 7) is 0.208. The number of nitrogens with one attached hydrogen (secondary N) is 1. The molecule has 0 aliphatic heterocycles. The predicted molar refractivity (Wildman–Crippen MR) is 99.8 cm³/mol. The molecule has 1 N–H and O–H groups in total. The first-order chi connectivity index (χ1) is 13.2. The lowest BCUT2D eigenvalue weighted by Crippen LogP contribution is -2.05. The minimum atomic E-state index is -0.671. The van der Waals surface area contributed by atoms with Gasteiger partial charge in [0.1, 0.15) is 13.2 Å². The van der Waals surface area contributed by atoms with Crippen molar-refractivity contribution in [3.05, 3.63) is 95.7 Å². The van der Waals surface area contributed by atoms with Crippen LogP contribution in [0.5, 0.6) is 11.5 Å². The van der Waals surface area contributed by atoms with Gasteiger partial charge in [-0.25, -0.2) is 8.78 Å². The molecule has 0 radical (unpaired) electrons. The van der Waals surface area contributed by atoms with Gasteiger partial charge in [0.2, 0.25) is 11.5 Å². The van der Waals surface area contributed by atoms with E-state index in [-0.39, 0.29) is 35.6 Å². The van der Waals surface area contributed by atoms with E-state index >= 15 is 0 Å². The Kier molecular flexibility index (Phi) is 4.75. The molecule has 0 spiro atoms. The average molecular weight is 365 g/mol. The minimum Gasteiger partial charge on any atom is -0.482 e. The van der Waals surface area contributed by atoms with Gasteiger partial charge in [0, 0.05) is 11.6 Å². The molecule has 0 saturated carbocycles. The van der Waals surface area contributed by atoms with Crippen LogP contribution in [-0.4, -0.2) is 4.98 Å². The summed E-state index contributed by atoms with van der Waals surface area (Å²) in [5, 5.41) is 0.127. The average Bonchev–Trinajstić information content (AvgIpc) is 3.21. The van der Waals surface area contributed by atoms with E-state index in [9.17, 15) is 8.78 Å². The van der Waals surface area contributed by atoms with E-state index in [1.165, 1.54) is 12.3 Å². The maximum Gasteiger partial charge on any atom is 0.202 e. The topological polar surface area (TPSA) is 34.2 Å². The van der Waals surface area contributed by atoms with Gasteiger partial charge in [-0.3, -0.25) is 0 Å². The van der Waals surface area contributed by atoms with E-state index < -0.39 is 11.6 Å². The largest absolute Gasteiger partial charge is 0.482 e. The van der Waals surface area contributed by atoms with E-state index in [0.717, 1.165) is 11.1 Å². The second-order valence-corrected chi connectivity index (χ2v) is 6.10. The van der Waals surface area contributed by atoms with Gasteiger partial charge in [0.25, 0.3) is 0 Å². The summed E-state index contributed by atoms with van der Waals surface area (Å²) in [4.78, 5) is 2.72. The van der Waals surface area contributed by atoms with E-state index in [1.54, 1.807) is 0 Å². The maximum atomic E-state index is 15.0. The first kappa shape index (κ1) is 17.1. The lowest BCUT2D eigenvalue weighted by Gasteiger charge is -2.15. The number of aromatic nitrogens is 1. The summed E-state index contributed by atoms with van der Waals surface area (Å²) in [6.07, 6.45) is 1.48. The highest BCUT2D eigenvalue weighted by molar-refractivity contribution is 5.85. The second kappa shape index (κ2) is 7.50. The molecular weight excluding hydrogens is 348 g/mol. The lowest BCUT2D eigenvalue weighted by molar-refractivity contribution is 0.237. The Morgan fingerprint density at radius 3 is 1.74 bits per heavy atom. The van der Waals surface area contributed by atoms with Gasteiger partial charge >= 0.3 is 0 Å². The van der Waals surface area contributed by atoms with Crippen LogP contribution in [0.3, 0.4) is 0 Å². The SMILES string of the molecule is Fc1c(OCc2ccccc2)c(OCc2ccccc2)c(F)c2[nH]ccc12. The number of hydrogen-bond acceptors (Lipinski definition) is 2. The number of benzene rings is 3. The summed E-state index contributed by atoms with van der Waals surface area (Å²) < 4.78 is 41.2. The molecule has 27 heavy (non-hydrogen) atoms.